The van der Waals surface area contributed by atoms with E-state index in [1.54, 1.807) is 6.92 Å². The van der Waals surface area contributed by atoms with Crippen molar-refractivity contribution >= 4 is 34.8 Å². The maximum absolute atomic E-state index is 13.9. The Balaban J connectivity index is 2.01. The number of Topliss-reactive ketones (excluding diaryl/α,β-unsaturated/α-hetero) is 2. The summed E-state index contributed by atoms with van der Waals surface area (Å²) in [6, 6.07) is 1.42. The molecule has 10 N–H and O–H groups in total. The summed E-state index contributed by atoms with van der Waals surface area (Å²) in [5.74, 6) is -10.5. The summed E-state index contributed by atoms with van der Waals surface area (Å²) in [6.07, 6.45) is -1.69. The minimum atomic E-state index is -3.00. The fourth-order valence-electron chi connectivity index (χ4n) is 5.92. The van der Waals surface area contributed by atoms with Crippen LogP contribution in [-0.2, 0) is 19.2 Å². The van der Waals surface area contributed by atoms with E-state index in [9.17, 15) is 44.7 Å². The van der Waals surface area contributed by atoms with Crippen molar-refractivity contribution in [1.29, 1.82) is 0 Å². The standard InChI is InChI=1S/C24H28N4O9/c1-7-8-4-5-9(27-10(29)6-25)17(30)12(8)18(31)13-11(7)19(32)15-16(28(2)3)20(33)14(23(26)36)22(35)24(15,37)21(13)34/h4-5,7,11,15-16,19,30-32,35,37H,6,25H2,1-3H3,(H2,26,36)(H,27,29)/t7-,11?,15?,16-,19-,24-/m0/s1. The second-order valence-corrected chi connectivity index (χ2v) is 9.73. The molecule has 13 heteroatoms. The lowest BCUT2D eigenvalue weighted by molar-refractivity contribution is -0.169. The Morgan fingerprint density at radius 1 is 1.16 bits per heavy atom. The molecular weight excluding hydrogens is 488 g/mol. The number of anilines is 1. The molecule has 1 aromatic rings. The number of aliphatic hydroxyl groups is 4. The van der Waals surface area contributed by atoms with Gasteiger partial charge in [-0.25, -0.2) is 0 Å². The highest BCUT2D eigenvalue weighted by Crippen LogP contribution is 2.56. The van der Waals surface area contributed by atoms with Gasteiger partial charge in [0, 0.05) is 11.5 Å². The number of fused-ring (bicyclic) bond motifs is 3. The molecule has 1 aromatic carbocycles. The van der Waals surface area contributed by atoms with Crippen LogP contribution < -0.4 is 16.8 Å². The van der Waals surface area contributed by atoms with Crippen molar-refractivity contribution in [3.8, 4) is 5.75 Å². The van der Waals surface area contributed by atoms with Gasteiger partial charge in [0.2, 0.25) is 11.7 Å². The number of likely N-dealkylation sites (N-methyl/N-ethyl adjacent to an activating group) is 1. The lowest BCUT2D eigenvalue weighted by Crippen LogP contribution is -2.70. The number of phenols is 1. The lowest BCUT2D eigenvalue weighted by Gasteiger charge is -2.53. The summed E-state index contributed by atoms with van der Waals surface area (Å²) < 4.78 is 0. The molecule has 0 aliphatic heterocycles. The number of primary amides is 1. The fraction of sp³-hybridized carbons (Fsp3) is 0.417. The summed E-state index contributed by atoms with van der Waals surface area (Å²) in [5.41, 5.74) is 6.05. The fourth-order valence-corrected chi connectivity index (χ4v) is 5.92. The Morgan fingerprint density at radius 3 is 2.32 bits per heavy atom. The van der Waals surface area contributed by atoms with Gasteiger partial charge < -0.3 is 42.3 Å². The zero-order valence-electron chi connectivity index (χ0n) is 20.2. The van der Waals surface area contributed by atoms with Gasteiger partial charge in [0.25, 0.3) is 5.91 Å². The number of nitrogens with two attached hydrogens (primary N) is 2. The van der Waals surface area contributed by atoms with E-state index in [1.807, 2.05) is 0 Å². The third-order valence-corrected chi connectivity index (χ3v) is 7.59. The van der Waals surface area contributed by atoms with E-state index in [0.717, 1.165) is 0 Å². The number of hydrogen-bond donors (Lipinski definition) is 8. The summed E-state index contributed by atoms with van der Waals surface area (Å²) in [5, 5.41) is 58.5. The van der Waals surface area contributed by atoms with E-state index < -0.39 is 87.3 Å². The molecule has 0 radical (unpaired) electrons. The van der Waals surface area contributed by atoms with Crippen LogP contribution in [0, 0.1) is 11.8 Å². The predicted octanol–water partition coefficient (Wildman–Crippen LogP) is -1.61. The Kier molecular flexibility index (Phi) is 6.15. The molecule has 0 bridgehead atoms. The molecule has 3 aliphatic carbocycles. The Bertz CT molecular complexity index is 1320. The molecule has 2 amide bonds. The summed E-state index contributed by atoms with van der Waals surface area (Å²) in [4.78, 5) is 52.1. The third kappa shape index (κ3) is 3.39. The largest absolute Gasteiger partial charge is 0.508 e. The van der Waals surface area contributed by atoms with Gasteiger partial charge in [0.1, 0.15) is 22.8 Å². The number of rotatable bonds is 4. The van der Waals surface area contributed by atoms with Gasteiger partial charge in [-0.2, -0.15) is 0 Å². The molecule has 1 saturated carbocycles. The molecule has 1 fully saturated rings. The van der Waals surface area contributed by atoms with Crippen LogP contribution in [0.1, 0.15) is 24.0 Å². The summed E-state index contributed by atoms with van der Waals surface area (Å²) >= 11 is 0. The highest BCUT2D eigenvalue weighted by Gasteiger charge is 2.68. The lowest BCUT2D eigenvalue weighted by atomic mass is 9.54. The van der Waals surface area contributed by atoms with Crippen molar-refractivity contribution in [3.63, 3.8) is 0 Å². The molecule has 4 rings (SSSR count). The minimum absolute atomic E-state index is 0.109. The molecular formula is C24H28N4O9. The molecule has 0 heterocycles. The molecule has 0 aromatic heterocycles. The molecule has 3 aliphatic rings. The van der Waals surface area contributed by atoms with Crippen molar-refractivity contribution in [2.45, 2.75) is 30.6 Å². The van der Waals surface area contributed by atoms with E-state index in [2.05, 4.69) is 5.32 Å². The van der Waals surface area contributed by atoms with Crippen LogP contribution >= 0.6 is 0 Å². The summed E-state index contributed by atoms with van der Waals surface area (Å²) in [6.45, 7) is 1.22. The number of carbonyl (C=O) groups excluding carboxylic acids is 4. The average Bonchev–Trinajstić information content (AvgIpc) is 2.82. The van der Waals surface area contributed by atoms with E-state index in [4.69, 9.17) is 11.5 Å². The predicted molar refractivity (Wildman–Crippen MR) is 128 cm³/mol. The monoisotopic (exact) mass is 516 g/mol. The Morgan fingerprint density at radius 2 is 1.78 bits per heavy atom. The number of amides is 2. The molecule has 198 valence electrons. The topological polar surface area (TPSA) is 237 Å². The first kappa shape index (κ1) is 26.3. The van der Waals surface area contributed by atoms with Crippen molar-refractivity contribution in [2.75, 3.05) is 26.0 Å². The van der Waals surface area contributed by atoms with E-state index in [0.29, 0.717) is 5.56 Å². The van der Waals surface area contributed by atoms with Crippen LogP contribution in [0.2, 0.25) is 0 Å². The number of carbonyl (C=O) groups is 4. The number of ketones is 2. The number of nitrogens with one attached hydrogen (secondary N) is 1. The molecule has 13 nitrogen and oxygen atoms in total. The molecule has 2 unspecified atom stereocenters. The van der Waals surface area contributed by atoms with Crippen molar-refractivity contribution in [1.82, 2.24) is 4.90 Å². The number of benzene rings is 1. The Hall–Kier alpha value is -3.78. The number of aromatic hydroxyl groups is 1. The van der Waals surface area contributed by atoms with Crippen molar-refractivity contribution in [2.24, 2.45) is 23.3 Å². The highest BCUT2D eigenvalue weighted by molar-refractivity contribution is 6.24. The highest BCUT2D eigenvalue weighted by atomic mass is 16.4. The summed E-state index contributed by atoms with van der Waals surface area (Å²) in [7, 11) is 2.86. The molecule has 6 atom stereocenters. The smallest absolute Gasteiger partial charge is 0.255 e. The SMILES string of the molecule is C[C@H]1c2ccc(NC(=O)CN)c(O)c2C(O)=C2C(=O)[C@]3(O)C(O)=C(C(N)=O)C(=O)[C@@H](N(C)C)C3[C@@H](O)C21. The molecule has 37 heavy (non-hydrogen) atoms. The van der Waals surface area contributed by atoms with Gasteiger partial charge in [-0.1, -0.05) is 13.0 Å². The number of hydrogen-bond acceptors (Lipinski definition) is 11. The minimum Gasteiger partial charge on any atom is -0.508 e. The zero-order valence-corrected chi connectivity index (χ0v) is 20.2. The van der Waals surface area contributed by atoms with Crippen LogP contribution in [0.25, 0.3) is 5.76 Å². The number of phenolic OH excluding ortho intramolecular Hbond substituents is 1. The van der Waals surface area contributed by atoms with Gasteiger partial charge in [-0.05, 0) is 31.6 Å². The molecule has 0 spiro atoms. The van der Waals surface area contributed by atoms with Crippen LogP contribution in [0.5, 0.6) is 5.75 Å². The van der Waals surface area contributed by atoms with Crippen molar-refractivity contribution in [3.05, 3.63) is 40.2 Å². The second kappa shape index (κ2) is 8.66. The number of aliphatic hydroxyl groups excluding tert-OH is 3. The maximum Gasteiger partial charge on any atom is 0.255 e. The average molecular weight is 517 g/mol. The van der Waals surface area contributed by atoms with Gasteiger partial charge in [0.05, 0.1) is 35.9 Å². The van der Waals surface area contributed by atoms with E-state index in [-0.39, 0.29) is 17.8 Å². The number of nitrogens with zero attached hydrogens (tertiary/aromatic N) is 1. The maximum atomic E-state index is 13.9. The van der Waals surface area contributed by atoms with Crippen LogP contribution in [0.15, 0.2) is 29.0 Å². The van der Waals surface area contributed by atoms with Gasteiger partial charge in [-0.3, -0.25) is 24.1 Å². The molecule has 0 saturated heterocycles. The first-order chi connectivity index (χ1) is 17.2. The van der Waals surface area contributed by atoms with Crippen LogP contribution in [0.4, 0.5) is 5.69 Å². The third-order valence-electron chi connectivity index (χ3n) is 7.59. The van der Waals surface area contributed by atoms with Crippen molar-refractivity contribution < 1.29 is 44.7 Å². The van der Waals surface area contributed by atoms with Crippen LogP contribution in [0.3, 0.4) is 0 Å². The second-order valence-electron chi connectivity index (χ2n) is 9.73. The quantitative estimate of drug-likeness (QED) is 0.167. The zero-order chi connectivity index (χ0) is 27.7. The first-order valence-electron chi connectivity index (χ1n) is 11.4. The Labute approximate surface area is 210 Å². The van der Waals surface area contributed by atoms with Gasteiger partial charge >= 0.3 is 0 Å². The van der Waals surface area contributed by atoms with Gasteiger partial charge in [-0.15, -0.1) is 0 Å². The van der Waals surface area contributed by atoms with Crippen LogP contribution in [-0.4, -0.2) is 92.2 Å². The first-order valence-corrected chi connectivity index (χ1v) is 11.4. The van der Waals surface area contributed by atoms with E-state index >= 15 is 0 Å². The van der Waals surface area contributed by atoms with E-state index in [1.165, 1.54) is 31.1 Å². The van der Waals surface area contributed by atoms with Gasteiger partial charge in [0.15, 0.2) is 11.4 Å². The normalized spacial score (nSPS) is 31.2.